The Morgan fingerprint density at radius 3 is 2.73 bits per heavy atom. The van der Waals surface area contributed by atoms with Gasteiger partial charge in [-0.3, -0.25) is 19.7 Å². The third-order valence-corrected chi connectivity index (χ3v) is 2.36. The van der Waals surface area contributed by atoms with E-state index in [1.54, 1.807) is 17.4 Å². The Balaban J connectivity index is 2.10. The number of pyridine rings is 1. The molecule has 78 valence electrons. The molecule has 1 amide bonds. The molecule has 4 heteroatoms. The molecule has 0 unspecified atom stereocenters. The van der Waals surface area contributed by atoms with E-state index in [-0.39, 0.29) is 5.91 Å². The summed E-state index contributed by atoms with van der Waals surface area (Å²) < 4.78 is 0. The van der Waals surface area contributed by atoms with Gasteiger partial charge < -0.3 is 0 Å². The predicted octanol–water partition coefficient (Wildman–Crippen LogP) is 1.23. The van der Waals surface area contributed by atoms with Crippen molar-refractivity contribution < 1.29 is 4.79 Å². The minimum Gasteiger partial charge on any atom is -0.295 e. The molecule has 15 heavy (non-hydrogen) atoms. The van der Waals surface area contributed by atoms with E-state index in [4.69, 9.17) is 0 Å². The first-order chi connectivity index (χ1) is 7.09. The molecular weight excluding hydrogens is 190 g/mol. The summed E-state index contributed by atoms with van der Waals surface area (Å²) in [6.07, 6.45) is 3.31. The molecule has 0 saturated heterocycles. The largest absolute Gasteiger partial charge is 0.295 e. The molecule has 1 aromatic rings. The van der Waals surface area contributed by atoms with Gasteiger partial charge in [-0.25, -0.2) is 0 Å². The minimum atomic E-state index is -0.616. The van der Waals surface area contributed by atoms with E-state index in [0.29, 0.717) is 6.54 Å². The third-order valence-electron chi connectivity index (χ3n) is 2.36. The van der Waals surface area contributed by atoms with Gasteiger partial charge >= 0.3 is 0 Å². The van der Waals surface area contributed by atoms with E-state index in [1.807, 2.05) is 32.0 Å². The maximum absolute atomic E-state index is 11.8. The van der Waals surface area contributed by atoms with Crippen molar-refractivity contribution in [2.75, 3.05) is 0 Å². The highest BCUT2D eigenvalue weighted by molar-refractivity contribution is 5.99. The van der Waals surface area contributed by atoms with Crippen molar-refractivity contribution in [2.24, 2.45) is 4.99 Å². The number of amides is 1. The molecule has 0 spiro atoms. The van der Waals surface area contributed by atoms with Crippen LogP contribution in [0.1, 0.15) is 19.5 Å². The van der Waals surface area contributed by atoms with Crippen LogP contribution in [0.3, 0.4) is 0 Å². The second-order valence-corrected chi connectivity index (χ2v) is 4.06. The van der Waals surface area contributed by atoms with Gasteiger partial charge in [-0.1, -0.05) is 6.07 Å². The Bertz CT molecular complexity index is 398. The molecule has 0 N–H and O–H groups in total. The first-order valence-electron chi connectivity index (χ1n) is 4.86. The molecule has 1 aliphatic rings. The van der Waals surface area contributed by atoms with Crippen LogP contribution in [0.25, 0.3) is 0 Å². The molecule has 2 heterocycles. The summed E-state index contributed by atoms with van der Waals surface area (Å²) >= 11 is 0. The molecule has 4 nitrogen and oxygen atoms in total. The highest BCUT2D eigenvalue weighted by Crippen LogP contribution is 2.19. The van der Waals surface area contributed by atoms with Crippen molar-refractivity contribution in [2.45, 2.75) is 25.9 Å². The van der Waals surface area contributed by atoms with Gasteiger partial charge in [0, 0.05) is 6.20 Å². The van der Waals surface area contributed by atoms with Crippen LogP contribution in [0.2, 0.25) is 0 Å². The van der Waals surface area contributed by atoms with Gasteiger partial charge in [0.25, 0.3) is 5.91 Å². The van der Waals surface area contributed by atoms with Crippen molar-refractivity contribution in [1.29, 1.82) is 0 Å². The minimum absolute atomic E-state index is 0.0214. The first kappa shape index (κ1) is 9.83. The number of nitrogens with zero attached hydrogens (tertiary/aromatic N) is 3. The quantitative estimate of drug-likeness (QED) is 0.725. The van der Waals surface area contributed by atoms with Crippen LogP contribution in [-0.4, -0.2) is 27.7 Å². The fourth-order valence-electron chi connectivity index (χ4n) is 1.45. The van der Waals surface area contributed by atoms with E-state index in [0.717, 1.165) is 5.69 Å². The number of rotatable bonds is 2. The van der Waals surface area contributed by atoms with Gasteiger partial charge in [-0.2, -0.15) is 0 Å². The summed E-state index contributed by atoms with van der Waals surface area (Å²) in [5, 5.41) is 0. The van der Waals surface area contributed by atoms with E-state index >= 15 is 0 Å². The molecule has 0 saturated carbocycles. The molecule has 0 fully saturated rings. The average Bonchev–Trinajstić information content (AvgIpc) is 2.47. The first-order valence-corrected chi connectivity index (χ1v) is 4.86. The summed E-state index contributed by atoms with van der Waals surface area (Å²) in [5.74, 6) is 0.0214. The zero-order chi connectivity index (χ0) is 10.9. The van der Waals surface area contributed by atoms with Gasteiger partial charge in [0.15, 0.2) is 0 Å². The number of hydrogen-bond donors (Lipinski definition) is 0. The summed E-state index contributed by atoms with van der Waals surface area (Å²) in [6, 6.07) is 5.66. The standard InChI is InChI=1S/C11H13N3O/c1-11(2)10(15)14(8-13-11)7-9-5-3-4-6-12-9/h3-6,8H,7H2,1-2H3. The zero-order valence-electron chi connectivity index (χ0n) is 8.84. The lowest BCUT2D eigenvalue weighted by atomic mass is 10.1. The van der Waals surface area contributed by atoms with Crippen LogP contribution in [0.4, 0.5) is 0 Å². The van der Waals surface area contributed by atoms with Crippen LogP contribution in [0.5, 0.6) is 0 Å². The molecule has 1 aliphatic heterocycles. The van der Waals surface area contributed by atoms with Gasteiger partial charge in [-0.15, -0.1) is 0 Å². The number of hydrogen-bond acceptors (Lipinski definition) is 3. The molecule has 1 aromatic heterocycles. The Morgan fingerprint density at radius 1 is 1.40 bits per heavy atom. The van der Waals surface area contributed by atoms with Gasteiger partial charge in [-0.05, 0) is 26.0 Å². The molecule has 0 atom stereocenters. The highest BCUT2D eigenvalue weighted by Gasteiger charge is 2.35. The van der Waals surface area contributed by atoms with Crippen molar-refractivity contribution in [3.63, 3.8) is 0 Å². The summed E-state index contributed by atoms with van der Waals surface area (Å²) in [6.45, 7) is 4.11. The van der Waals surface area contributed by atoms with Gasteiger partial charge in [0.2, 0.25) is 0 Å². The maximum Gasteiger partial charge on any atom is 0.255 e. The highest BCUT2D eigenvalue weighted by atomic mass is 16.2. The van der Waals surface area contributed by atoms with Crippen LogP contribution >= 0.6 is 0 Å². The Morgan fingerprint density at radius 2 is 2.20 bits per heavy atom. The number of carbonyl (C=O) groups excluding carboxylic acids is 1. The van der Waals surface area contributed by atoms with Crippen molar-refractivity contribution in [1.82, 2.24) is 9.88 Å². The molecule has 0 aliphatic carbocycles. The lowest BCUT2D eigenvalue weighted by Gasteiger charge is -2.17. The fraction of sp³-hybridized carbons (Fsp3) is 0.364. The maximum atomic E-state index is 11.8. The van der Waals surface area contributed by atoms with E-state index in [9.17, 15) is 4.79 Å². The summed E-state index contributed by atoms with van der Waals surface area (Å²) in [7, 11) is 0. The second-order valence-electron chi connectivity index (χ2n) is 4.06. The number of aliphatic imine (C=N–C) groups is 1. The Labute approximate surface area is 88.7 Å². The lowest BCUT2D eigenvalue weighted by Crippen LogP contribution is -2.36. The fourth-order valence-corrected chi connectivity index (χ4v) is 1.45. The van der Waals surface area contributed by atoms with Gasteiger partial charge in [0.05, 0.1) is 18.6 Å². The Kier molecular flexibility index (Phi) is 2.26. The van der Waals surface area contributed by atoms with Crippen LogP contribution < -0.4 is 0 Å². The van der Waals surface area contributed by atoms with Crippen molar-refractivity contribution >= 4 is 12.2 Å². The summed E-state index contributed by atoms with van der Waals surface area (Å²) in [4.78, 5) is 21.7. The van der Waals surface area contributed by atoms with Crippen LogP contribution in [0.15, 0.2) is 29.4 Å². The molecule has 0 aromatic carbocycles. The van der Waals surface area contributed by atoms with Crippen molar-refractivity contribution in [3.8, 4) is 0 Å². The molecular formula is C11H13N3O. The third kappa shape index (κ3) is 1.88. The second kappa shape index (κ2) is 3.46. The molecule has 0 bridgehead atoms. The topological polar surface area (TPSA) is 45.6 Å². The van der Waals surface area contributed by atoms with E-state index in [1.165, 1.54) is 0 Å². The molecule has 0 radical (unpaired) electrons. The smallest absolute Gasteiger partial charge is 0.255 e. The lowest BCUT2D eigenvalue weighted by molar-refractivity contribution is -0.130. The average molecular weight is 203 g/mol. The number of carbonyl (C=O) groups is 1. The van der Waals surface area contributed by atoms with Crippen LogP contribution in [0, 0.1) is 0 Å². The Hall–Kier alpha value is -1.71. The monoisotopic (exact) mass is 203 g/mol. The van der Waals surface area contributed by atoms with Crippen molar-refractivity contribution in [3.05, 3.63) is 30.1 Å². The zero-order valence-corrected chi connectivity index (χ0v) is 8.84. The number of aromatic nitrogens is 1. The normalized spacial score (nSPS) is 18.5. The van der Waals surface area contributed by atoms with Crippen LogP contribution in [-0.2, 0) is 11.3 Å². The summed E-state index contributed by atoms with van der Waals surface area (Å²) in [5.41, 5.74) is 0.254. The van der Waals surface area contributed by atoms with Gasteiger partial charge in [0.1, 0.15) is 5.54 Å². The van der Waals surface area contributed by atoms with E-state index < -0.39 is 5.54 Å². The SMILES string of the molecule is CC1(C)N=CN(Cc2ccccn2)C1=O. The molecule has 2 rings (SSSR count). The van der Waals surface area contributed by atoms with E-state index in [2.05, 4.69) is 9.98 Å². The predicted molar refractivity (Wildman–Crippen MR) is 57.4 cm³/mol.